The van der Waals surface area contributed by atoms with Crippen LogP contribution in [0.15, 0.2) is 82.2 Å². The second-order valence-corrected chi connectivity index (χ2v) is 7.80. The largest absolute Gasteiger partial charge is 0.456 e. The van der Waals surface area contributed by atoms with Crippen molar-refractivity contribution in [3.8, 4) is 22.5 Å². The highest BCUT2D eigenvalue weighted by Crippen LogP contribution is 2.45. The summed E-state index contributed by atoms with van der Waals surface area (Å²) in [6.07, 6.45) is 0. The van der Waals surface area contributed by atoms with Crippen molar-refractivity contribution in [3.05, 3.63) is 83.2 Å². The van der Waals surface area contributed by atoms with E-state index in [0.717, 1.165) is 58.7 Å². The lowest BCUT2D eigenvalue weighted by molar-refractivity contribution is 0.618. The highest BCUT2D eigenvalue weighted by Gasteiger charge is 2.26. The van der Waals surface area contributed by atoms with Crippen molar-refractivity contribution >= 4 is 22.3 Å². The minimum absolute atomic E-state index is 0.0525. The summed E-state index contributed by atoms with van der Waals surface area (Å²) < 4.78 is 6.28. The lowest BCUT2D eigenvalue weighted by Crippen LogP contribution is -2.40. The summed E-state index contributed by atoms with van der Waals surface area (Å²) in [5.74, 6) is 0.610. The van der Waals surface area contributed by atoms with Crippen molar-refractivity contribution in [2.24, 2.45) is 0 Å². The first-order valence-electron chi connectivity index (χ1n) is 10.3. The fraction of sp³-hybridized carbons (Fsp3) is 0.192. The Labute approximate surface area is 176 Å². The first-order chi connectivity index (χ1) is 14.6. The van der Waals surface area contributed by atoms with Gasteiger partial charge >= 0.3 is 0 Å². The molecule has 3 aliphatic rings. The number of likely N-dealkylation sites (N-methyl/N-ethyl adjacent to an activating group) is 1. The van der Waals surface area contributed by atoms with Gasteiger partial charge in [0.05, 0.1) is 11.4 Å². The SMILES string of the molecule is C=C(C)N1CCN(CC)c2cc3c(-c4ccccc4)c4ccc(=O)cc-4oc3cc21. The van der Waals surface area contributed by atoms with Crippen LogP contribution in [-0.2, 0) is 0 Å². The third-order valence-electron chi connectivity index (χ3n) is 5.92. The maximum Gasteiger partial charge on any atom is 0.182 e. The van der Waals surface area contributed by atoms with Gasteiger partial charge in [-0.05, 0) is 37.6 Å². The first-order valence-corrected chi connectivity index (χ1v) is 10.3. The zero-order valence-corrected chi connectivity index (χ0v) is 17.3. The molecule has 2 aromatic carbocycles. The Hall–Kier alpha value is -3.53. The Balaban J connectivity index is 1.91. The predicted octanol–water partition coefficient (Wildman–Crippen LogP) is 5.74. The van der Waals surface area contributed by atoms with Gasteiger partial charge in [0.25, 0.3) is 0 Å². The molecule has 4 heteroatoms. The monoisotopic (exact) mass is 396 g/mol. The molecule has 150 valence electrons. The van der Waals surface area contributed by atoms with E-state index in [1.807, 2.05) is 31.2 Å². The van der Waals surface area contributed by atoms with E-state index in [-0.39, 0.29) is 5.43 Å². The van der Waals surface area contributed by atoms with E-state index < -0.39 is 0 Å². The molecule has 0 amide bonds. The summed E-state index contributed by atoms with van der Waals surface area (Å²) in [5.41, 5.74) is 7.17. The summed E-state index contributed by atoms with van der Waals surface area (Å²) in [7, 11) is 0. The molecule has 0 radical (unpaired) electrons. The molecule has 0 bridgehead atoms. The molecule has 0 aromatic heterocycles. The lowest BCUT2D eigenvalue weighted by atomic mass is 9.93. The lowest BCUT2D eigenvalue weighted by Gasteiger charge is -2.39. The fourth-order valence-electron chi connectivity index (χ4n) is 4.47. The van der Waals surface area contributed by atoms with Crippen molar-refractivity contribution < 1.29 is 4.42 Å². The summed E-state index contributed by atoms with van der Waals surface area (Å²) >= 11 is 0. The molecule has 2 aromatic rings. The number of nitrogens with zero attached hydrogens (tertiary/aromatic N) is 2. The predicted molar refractivity (Wildman–Crippen MR) is 125 cm³/mol. The van der Waals surface area contributed by atoms with Gasteiger partial charge in [0.1, 0.15) is 11.3 Å². The summed E-state index contributed by atoms with van der Waals surface area (Å²) in [6.45, 7) is 11.2. The van der Waals surface area contributed by atoms with Gasteiger partial charge in [0, 0.05) is 54.0 Å². The maximum atomic E-state index is 12.0. The molecule has 2 heterocycles. The molecule has 0 unspecified atom stereocenters. The highest BCUT2D eigenvalue weighted by atomic mass is 16.3. The molecule has 1 aliphatic carbocycles. The van der Waals surface area contributed by atoms with Crippen molar-refractivity contribution in [3.63, 3.8) is 0 Å². The van der Waals surface area contributed by atoms with Gasteiger partial charge in [-0.2, -0.15) is 0 Å². The number of anilines is 2. The van der Waals surface area contributed by atoms with Crippen LogP contribution in [0, 0.1) is 0 Å². The van der Waals surface area contributed by atoms with E-state index in [1.165, 1.54) is 5.69 Å². The summed E-state index contributed by atoms with van der Waals surface area (Å²) in [6, 6.07) is 19.7. The zero-order chi connectivity index (χ0) is 20.8. The van der Waals surface area contributed by atoms with Crippen LogP contribution in [0.4, 0.5) is 11.4 Å². The van der Waals surface area contributed by atoms with Crippen LogP contribution >= 0.6 is 0 Å². The molecule has 0 saturated heterocycles. The topological polar surface area (TPSA) is 36.7 Å². The average Bonchev–Trinajstić information content (AvgIpc) is 2.75. The molecular weight excluding hydrogens is 372 g/mol. The number of rotatable bonds is 3. The fourth-order valence-corrected chi connectivity index (χ4v) is 4.47. The molecule has 0 spiro atoms. The van der Waals surface area contributed by atoms with Gasteiger partial charge < -0.3 is 14.2 Å². The Bertz CT molecular complexity index is 1290. The van der Waals surface area contributed by atoms with Gasteiger partial charge in [-0.1, -0.05) is 36.9 Å². The number of hydrogen-bond acceptors (Lipinski definition) is 4. The van der Waals surface area contributed by atoms with E-state index in [1.54, 1.807) is 12.1 Å². The van der Waals surface area contributed by atoms with Crippen LogP contribution in [0.5, 0.6) is 0 Å². The van der Waals surface area contributed by atoms with Crippen LogP contribution < -0.4 is 15.2 Å². The molecule has 0 fully saturated rings. The molecular formula is C26H24N2O2. The van der Waals surface area contributed by atoms with E-state index in [0.29, 0.717) is 5.76 Å². The van der Waals surface area contributed by atoms with E-state index >= 15 is 0 Å². The second-order valence-electron chi connectivity index (χ2n) is 7.80. The van der Waals surface area contributed by atoms with Crippen molar-refractivity contribution in [2.45, 2.75) is 13.8 Å². The average molecular weight is 396 g/mol. The molecule has 5 rings (SSSR count). The Morgan fingerprint density at radius 2 is 1.83 bits per heavy atom. The zero-order valence-electron chi connectivity index (χ0n) is 17.3. The number of benzene rings is 3. The number of hydrogen-bond donors (Lipinski definition) is 0. The van der Waals surface area contributed by atoms with Crippen LogP contribution in [0.3, 0.4) is 0 Å². The van der Waals surface area contributed by atoms with Gasteiger partial charge in [0.2, 0.25) is 0 Å². The van der Waals surface area contributed by atoms with Crippen molar-refractivity contribution in [1.82, 2.24) is 0 Å². The molecule has 0 saturated carbocycles. The standard InChI is InChI=1S/C26H24N2O2/c1-4-27-12-13-28(17(2)3)23-16-25-21(15-22(23)27)26(18-8-6-5-7-9-18)20-11-10-19(29)14-24(20)30-25/h5-11,14-16H,2,4,12-13H2,1,3H3. The Kier molecular flexibility index (Phi) is 4.35. The maximum absolute atomic E-state index is 12.0. The minimum atomic E-state index is -0.0525. The first kappa shape index (κ1) is 18.5. The molecule has 0 atom stereocenters. The van der Waals surface area contributed by atoms with E-state index in [4.69, 9.17) is 4.42 Å². The summed E-state index contributed by atoms with van der Waals surface area (Å²) in [5, 5.41) is 1.05. The van der Waals surface area contributed by atoms with Gasteiger partial charge in [-0.25, -0.2) is 0 Å². The molecule has 30 heavy (non-hydrogen) atoms. The quantitative estimate of drug-likeness (QED) is 0.414. The molecule has 2 aliphatic heterocycles. The van der Waals surface area contributed by atoms with Crippen LogP contribution in [0.1, 0.15) is 13.8 Å². The van der Waals surface area contributed by atoms with Crippen LogP contribution in [0.25, 0.3) is 33.4 Å². The van der Waals surface area contributed by atoms with Gasteiger partial charge in [0.15, 0.2) is 5.43 Å². The highest BCUT2D eigenvalue weighted by molar-refractivity contribution is 6.05. The van der Waals surface area contributed by atoms with Gasteiger partial charge in [-0.3, -0.25) is 4.79 Å². The molecule has 0 N–H and O–H groups in total. The smallest absolute Gasteiger partial charge is 0.182 e. The Morgan fingerprint density at radius 1 is 1.03 bits per heavy atom. The number of allylic oxidation sites excluding steroid dienone is 1. The van der Waals surface area contributed by atoms with Crippen LogP contribution in [-0.4, -0.2) is 19.6 Å². The third-order valence-corrected chi connectivity index (χ3v) is 5.92. The van der Waals surface area contributed by atoms with Crippen LogP contribution in [0.2, 0.25) is 0 Å². The number of fused-ring (bicyclic) bond motifs is 3. The van der Waals surface area contributed by atoms with E-state index in [9.17, 15) is 4.79 Å². The second kappa shape index (κ2) is 7.06. The molecule has 4 nitrogen and oxygen atoms in total. The Morgan fingerprint density at radius 3 is 2.57 bits per heavy atom. The normalized spacial score (nSPS) is 13.7. The summed E-state index contributed by atoms with van der Waals surface area (Å²) in [4.78, 5) is 16.7. The van der Waals surface area contributed by atoms with Crippen molar-refractivity contribution in [1.29, 1.82) is 0 Å². The minimum Gasteiger partial charge on any atom is -0.456 e. The van der Waals surface area contributed by atoms with Gasteiger partial charge in [-0.15, -0.1) is 0 Å². The van der Waals surface area contributed by atoms with E-state index in [2.05, 4.69) is 47.6 Å². The van der Waals surface area contributed by atoms with Crippen molar-refractivity contribution in [2.75, 3.05) is 29.4 Å². The third kappa shape index (κ3) is 2.88.